The van der Waals surface area contributed by atoms with E-state index in [0.29, 0.717) is 11.5 Å². The second-order valence-electron chi connectivity index (χ2n) is 7.68. The summed E-state index contributed by atoms with van der Waals surface area (Å²) in [6.07, 6.45) is -4.66. The zero-order valence-electron chi connectivity index (χ0n) is 17.6. The van der Waals surface area contributed by atoms with E-state index in [9.17, 15) is 31.2 Å². The lowest BCUT2D eigenvalue weighted by Crippen LogP contribution is -2.48. The van der Waals surface area contributed by atoms with E-state index in [4.69, 9.17) is 9.47 Å². The summed E-state index contributed by atoms with van der Waals surface area (Å²) in [5, 5.41) is 0. The summed E-state index contributed by atoms with van der Waals surface area (Å²) in [6.45, 7) is -0.223. The Kier molecular flexibility index (Phi) is 6.41. The number of carbonyl (C=O) groups excluding carboxylic acids is 2. The number of rotatable bonds is 4. The van der Waals surface area contributed by atoms with Gasteiger partial charge in [-0.15, -0.1) is 0 Å². The molecule has 2 aromatic carbocycles. The molecule has 2 aromatic rings. The number of fused-ring (bicyclic) bond motifs is 1. The van der Waals surface area contributed by atoms with Crippen LogP contribution in [0.1, 0.15) is 28.8 Å². The van der Waals surface area contributed by atoms with E-state index in [1.165, 1.54) is 18.2 Å². The summed E-state index contributed by atoms with van der Waals surface area (Å²) >= 11 is 0. The second kappa shape index (κ2) is 9.14. The predicted molar refractivity (Wildman–Crippen MR) is 111 cm³/mol. The molecule has 2 aliphatic rings. The number of sulfonamides is 1. The maximum absolute atomic E-state index is 13.3. The van der Waals surface area contributed by atoms with Crippen molar-refractivity contribution >= 4 is 21.8 Å². The van der Waals surface area contributed by atoms with Crippen molar-refractivity contribution < 1.29 is 40.7 Å². The van der Waals surface area contributed by atoms with Crippen LogP contribution in [-0.4, -0.2) is 44.4 Å². The summed E-state index contributed by atoms with van der Waals surface area (Å²) < 4.78 is 76.8. The fourth-order valence-corrected chi connectivity index (χ4v) is 5.44. The average molecular weight is 499 g/mol. The molecular formula is C21H20F3N3O6S. The normalized spacial score (nSPS) is 16.8. The highest BCUT2D eigenvalue weighted by atomic mass is 32.2. The van der Waals surface area contributed by atoms with E-state index in [-0.39, 0.29) is 38.3 Å². The monoisotopic (exact) mass is 499 g/mol. The molecule has 34 heavy (non-hydrogen) atoms. The Balaban J connectivity index is 1.34. The molecule has 0 atom stereocenters. The molecule has 2 amide bonds. The zero-order chi connectivity index (χ0) is 24.5. The first-order valence-corrected chi connectivity index (χ1v) is 11.7. The molecule has 0 radical (unpaired) electrons. The maximum Gasteiger partial charge on any atom is 0.417 e. The van der Waals surface area contributed by atoms with Crippen molar-refractivity contribution in [1.82, 2.24) is 15.2 Å². The van der Waals surface area contributed by atoms with Crippen molar-refractivity contribution in [3.05, 3.63) is 53.6 Å². The number of amides is 2. The zero-order valence-corrected chi connectivity index (χ0v) is 18.4. The molecule has 4 rings (SSSR count). The Bertz CT molecular complexity index is 1210. The van der Waals surface area contributed by atoms with Gasteiger partial charge in [0.15, 0.2) is 11.5 Å². The second-order valence-corrected chi connectivity index (χ2v) is 9.59. The minimum atomic E-state index is -4.82. The maximum atomic E-state index is 13.3. The lowest BCUT2D eigenvalue weighted by atomic mass is 9.98. The summed E-state index contributed by atoms with van der Waals surface area (Å²) in [7, 11) is -4.40. The van der Waals surface area contributed by atoms with Crippen molar-refractivity contribution in [2.45, 2.75) is 23.9 Å². The highest BCUT2D eigenvalue weighted by Crippen LogP contribution is 2.36. The first-order chi connectivity index (χ1) is 16.1. The number of alkyl halides is 3. The van der Waals surface area contributed by atoms with Gasteiger partial charge in [-0.25, -0.2) is 8.42 Å². The van der Waals surface area contributed by atoms with Gasteiger partial charge in [-0.1, -0.05) is 12.1 Å². The third kappa shape index (κ3) is 4.80. The average Bonchev–Trinajstić information content (AvgIpc) is 3.30. The first-order valence-electron chi connectivity index (χ1n) is 10.2. The smallest absolute Gasteiger partial charge is 0.417 e. The molecule has 1 saturated heterocycles. The molecule has 0 spiro atoms. The molecule has 13 heteroatoms. The Hall–Kier alpha value is -3.32. The quantitative estimate of drug-likeness (QED) is 0.624. The fraction of sp³-hybridized carbons (Fsp3) is 0.333. The fourth-order valence-electron chi connectivity index (χ4n) is 3.75. The van der Waals surface area contributed by atoms with Gasteiger partial charge in [-0.2, -0.15) is 17.5 Å². The summed E-state index contributed by atoms with van der Waals surface area (Å²) in [6, 6.07) is 8.51. The molecule has 1 fully saturated rings. The summed E-state index contributed by atoms with van der Waals surface area (Å²) in [5.41, 5.74) is 3.59. The number of ether oxygens (including phenoxy) is 2. The van der Waals surface area contributed by atoms with Crippen LogP contribution in [0.4, 0.5) is 13.2 Å². The van der Waals surface area contributed by atoms with E-state index in [0.717, 1.165) is 22.5 Å². The molecule has 2 aliphatic heterocycles. The van der Waals surface area contributed by atoms with Gasteiger partial charge in [0.1, 0.15) is 0 Å². The third-order valence-corrected chi connectivity index (χ3v) is 7.53. The van der Waals surface area contributed by atoms with Gasteiger partial charge < -0.3 is 9.47 Å². The highest BCUT2D eigenvalue weighted by molar-refractivity contribution is 7.89. The Morgan fingerprint density at radius 2 is 1.65 bits per heavy atom. The van der Waals surface area contributed by atoms with Crippen LogP contribution in [-0.2, 0) is 21.0 Å². The van der Waals surface area contributed by atoms with Crippen LogP contribution in [0.25, 0.3) is 0 Å². The SMILES string of the molecule is O=C(NNC(=O)C1CCN(S(=O)(=O)c2ccccc2C(F)(F)F)CC1)c1ccc2c(c1)OCO2. The number of hydrogen-bond acceptors (Lipinski definition) is 6. The highest BCUT2D eigenvalue weighted by Gasteiger charge is 2.40. The van der Waals surface area contributed by atoms with Crippen LogP contribution in [0.2, 0.25) is 0 Å². The molecular weight excluding hydrogens is 479 g/mol. The van der Waals surface area contributed by atoms with Gasteiger partial charge in [-0.3, -0.25) is 20.4 Å². The number of carbonyl (C=O) groups is 2. The standard InChI is InChI=1S/C21H20F3N3O6S/c22-21(23,24)15-3-1-2-4-18(15)34(30,31)27-9-7-13(8-10-27)19(28)25-26-20(29)14-5-6-16-17(11-14)33-12-32-16/h1-6,11,13H,7-10,12H2,(H,25,28)(H,26,29). The van der Waals surface area contributed by atoms with Crippen LogP contribution in [0.3, 0.4) is 0 Å². The topological polar surface area (TPSA) is 114 Å². The van der Waals surface area contributed by atoms with Crippen LogP contribution in [0.5, 0.6) is 11.5 Å². The first kappa shape index (κ1) is 23.8. The minimum Gasteiger partial charge on any atom is -0.454 e. The van der Waals surface area contributed by atoms with Gasteiger partial charge in [0.25, 0.3) is 5.91 Å². The number of benzene rings is 2. The van der Waals surface area contributed by atoms with Crippen molar-refractivity contribution in [3.8, 4) is 11.5 Å². The Morgan fingerprint density at radius 3 is 2.35 bits per heavy atom. The molecule has 0 bridgehead atoms. The van der Waals surface area contributed by atoms with E-state index in [1.807, 2.05) is 0 Å². The Labute approximate surface area is 192 Å². The summed E-state index contributed by atoms with van der Waals surface area (Å²) in [5.74, 6) is -0.835. The van der Waals surface area contributed by atoms with E-state index in [1.54, 1.807) is 6.07 Å². The van der Waals surface area contributed by atoms with E-state index < -0.39 is 44.4 Å². The van der Waals surface area contributed by atoms with E-state index in [2.05, 4.69) is 10.9 Å². The number of piperidine rings is 1. The molecule has 2 N–H and O–H groups in total. The number of hydrazine groups is 1. The molecule has 182 valence electrons. The minimum absolute atomic E-state index is 0.0490. The van der Waals surface area contributed by atoms with Crippen molar-refractivity contribution in [1.29, 1.82) is 0 Å². The summed E-state index contributed by atoms with van der Waals surface area (Å²) in [4.78, 5) is 23.9. The molecule has 0 saturated carbocycles. The van der Waals surface area contributed by atoms with Gasteiger partial charge in [0.2, 0.25) is 22.7 Å². The van der Waals surface area contributed by atoms with Gasteiger partial charge in [0.05, 0.1) is 10.5 Å². The largest absolute Gasteiger partial charge is 0.454 e. The van der Waals surface area contributed by atoms with Crippen LogP contribution in [0.15, 0.2) is 47.4 Å². The molecule has 2 heterocycles. The van der Waals surface area contributed by atoms with Crippen molar-refractivity contribution in [2.75, 3.05) is 19.9 Å². The number of hydrogen-bond donors (Lipinski definition) is 2. The van der Waals surface area contributed by atoms with E-state index >= 15 is 0 Å². The third-order valence-electron chi connectivity index (χ3n) is 5.57. The molecule has 0 aromatic heterocycles. The predicted octanol–water partition coefficient (Wildman–Crippen LogP) is 2.30. The van der Waals surface area contributed by atoms with Crippen LogP contribution in [0, 0.1) is 5.92 Å². The lowest BCUT2D eigenvalue weighted by Gasteiger charge is -2.31. The molecule has 0 aliphatic carbocycles. The van der Waals surface area contributed by atoms with Crippen LogP contribution >= 0.6 is 0 Å². The number of nitrogens with one attached hydrogen (secondary N) is 2. The molecule has 9 nitrogen and oxygen atoms in total. The van der Waals surface area contributed by atoms with Crippen LogP contribution < -0.4 is 20.3 Å². The molecule has 0 unspecified atom stereocenters. The number of nitrogens with zero attached hydrogens (tertiary/aromatic N) is 1. The van der Waals surface area contributed by atoms with Gasteiger partial charge in [-0.05, 0) is 43.2 Å². The Morgan fingerprint density at radius 1 is 0.971 bits per heavy atom. The van der Waals surface area contributed by atoms with Gasteiger partial charge >= 0.3 is 6.18 Å². The lowest BCUT2D eigenvalue weighted by molar-refractivity contribution is -0.139. The number of halogens is 3. The van der Waals surface area contributed by atoms with Gasteiger partial charge in [0, 0.05) is 24.6 Å². The van der Waals surface area contributed by atoms with Crippen molar-refractivity contribution in [3.63, 3.8) is 0 Å². The van der Waals surface area contributed by atoms with Crippen molar-refractivity contribution in [2.24, 2.45) is 5.92 Å².